The van der Waals surface area contributed by atoms with Crippen molar-refractivity contribution < 1.29 is 4.74 Å². The van der Waals surface area contributed by atoms with E-state index in [1.54, 1.807) is 6.20 Å². The van der Waals surface area contributed by atoms with Crippen LogP contribution < -0.4 is 9.64 Å². The quantitative estimate of drug-likeness (QED) is 0.868. The summed E-state index contributed by atoms with van der Waals surface area (Å²) in [5, 5.41) is 0. The van der Waals surface area contributed by atoms with Gasteiger partial charge in [0.2, 0.25) is 5.95 Å². The van der Waals surface area contributed by atoms with Crippen LogP contribution in [0.25, 0.3) is 0 Å². The van der Waals surface area contributed by atoms with E-state index in [0.29, 0.717) is 5.92 Å². The third kappa shape index (κ3) is 3.53. The third-order valence-corrected chi connectivity index (χ3v) is 4.11. The van der Waals surface area contributed by atoms with Crippen LogP contribution in [0.15, 0.2) is 30.9 Å². The van der Waals surface area contributed by atoms with E-state index in [9.17, 15) is 0 Å². The Morgan fingerprint density at radius 3 is 2.55 bits per heavy atom. The first-order chi connectivity index (χ1) is 10.7. The van der Waals surface area contributed by atoms with Gasteiger partial charge in [0.25, 0.3) is 0 Å². The Hall–Kier alpha value is -2.17. The fourth-order valence-corrected chi connectivity index (χ4v) is 2.68. The Labute approximate surface area is 131 Å². The van der Waals surface area contributed by atoms with Gasteiger partial charge in [-0.2, -0.15) is 0 Å². The second-order valence-corrected chi connectivity index (χ2v) is 5.94. The molecule has 1 saturated heterocycles. The molecular weight excluding hydrogens is 276 g/mol. The molecule has 1 aliphatic rings. The zero-order chi connectivity index (χ0) is 15.4. The zero-order valence-electron chi connectivity index (χ0n) is 13.2. The number of anilines is 1. The Morgan fingerprint density at radius 2 is 1.86 bits per heavy atom. The molecule has 0 N–H and O–H groups in total. The highest BCUT2D eigenvalue weighted by Gasteiger charge is 2.21. The van der Waals surface area contributed by atoms with Crippen LogP contribution in [0.1, 0.15) is 24.0 Å². The number of hydrogen-bond acceptors (Lipinski definition) is 5. The lowest BCUT2D eigenvalue weighted by Gasteiger charge is -2.31. The minimum atomic E-state index is 0.592. The van der Waals surface area contributed by atoms with Gasteiger partial charge in [0.15, 0.2) is 0 Å². The minimum Gasteiger partial charge on any atom is -0.493 e. The molecule has 3 rings (SSSR count). The highest BCUT2D eigenvalue weighted by molar-refractivity contribution is 5.30. The van der Waals surface area contributed by atoms with Crippen LogP contribution in [0.2, 0.25) is 0 Å². The number of aromatic nitrogens is 3. The van der Waals surface area contributed by atoms with Gasteiger partial charge in [-0.25, -0.2) is 9.97 Å². The Balaban J connectivity index is 1.49. The summed E-state index contributed by atoms with van der Waals surface area (Å²) >= 11 is 0. The van der Waals surface area contributed by atoms with E-state index in [-0.39, 0.29) is 0 Å². The molecule has 0 spiro atoms. The maximum Gasteiger partial charge on any atom is 0.225 e. The summed E-state index contributed by atoms with van der Waals surface area (Å²) in [6.45, 7) is 6.79. The van der Waals surface area contributed by atoms with Gasteiger partial charge < -0.3 is 9.64 Å². The Bertz CT molecular complexity index is 606. The van der Waals surface area contributed by atoms with E-state index in [2.05, 4.69) is 19.9 Å². The number of nitrogens with zero attached hydrogens (tertiary/aromatic N) is 4. The van der Waals surface area contributed by atoms with E-state index in [4.69, 9.17) is 4.74 Å². The molecule has 2 aromatic heterocycles. The topological polar surface area (TPSA) is 51.1 Å². The van der Waals surface area contributed by atoms with Crippen LogP contribution in [-0.4, -0.2) is 34.6 Å². The number of hydrogen-bond donors (Lipinski definition) is 0. The molecule has 0 atom stereocenters. The third-order valence-electron chi connectivity index (χ3n) is 4.11. The van der Waals surface area contributed by atoms with Gasteiger partial charge in [-0.05, 0) is 44.2 Å². The molecular formula is C17H22N4O. The van der Waals surface area contributed by atoms with Crippen molar-refractivity contribution in [3.05, 3.63) is 42.0 Å². The van der Waals surface area contributed by atoms with E-state index in [0.717, 1.165) is 55.4 Å². The molecule has 0 aliphatic carbocycles. The maximum atomic E-state index is 5.94. The lowest BCUT2D eigenvalue weighted by molar-refractivity contribution is 0.221. The van der Waals surface area contributed by atoms with Crippen molar-refractivity contribution in [2.24, 2.45) is 5.92 Å². The second kappa shape index (κ2) is 6.73. The standard InChI is InChI=1S/C17H22N4O/c1-13-9-19-17(20-10-13)21-7-4-15(5-8-21)12-22-16-3-6-18-11-14(16)2/h3,6,9-11,15H,4-5,7-8,12H2,1-2H3. The molecule has 22 heavy (non-hydrogen) atoms. The minimum absolute atomic E-state index is 0.592. The number of pyridine rings is 1. The molecule has 5 nitrogen and oxygen atoms in total. The summed E-state index contributed by atoms with van der Waals surface area (Å²) < 4.78 is 5.94. The van der Waals surface area contributed by atoms with Crippen LogP contribution >= 0.6 is 0 Å². The first-order valence-corrected chi connectivity index (χ1v) is 7.79. The number of rotatable bonds is 4. The highest BCUT2D eigenvalue weighted by atomic mass is 16.5. The molecule has 0 radical (unpaired) electrons. The van der Waals surface area contributed by atoms with E-state index in [1.807, 2.05) is 38.5 Å². The van der Waals surface area contributed by atoms with Crippen molar-refractivity contribution in [1.29, 1.82) is 0 Å². The predicted molar refractivity (Wildman–Crippen MR) is 86.2 cm³/mol. The second-order valence-electron chi connectivity index (χ2n) is 5.94. The van der Waals surface area contributed by atoms with Gasteiger partial charge in [0.05, 0.1) is 6.61 Å². The van der Waals surface area contributed by atoms with Crippen molar-refractivity contribution in [2.45, 2.75) is 26.7 Å². The molecule has 0 saturated carbocycles. The summed E-state index contributed by atoms with van der Waals surface area (Å²) in [7, 11) is 0. The summed E-state index contributed by atoms with van der Waals surface area (Å²) in [5.41, 5.74) is 2.19. The van der Waals surface area contributed by atoms with Crippen LogP contribution in [0.5, 0.6) is 5.75 Å². The van der Waals surface area contributed by atoms with E-state index >= 15 is 0 Å². The van der Waals surface area contributed by atoms with Gasteiger partial charge >= 0.3 is 0 Å². The molecule has 1 fully saturated rings. The molecule has 1 aliphatic heterocycles. The summed E-state index contributed by atoms with van der Waals surface area (Å²) in [5.74, 6) is 2.38. The normalized spacial score (nSPS) is 15.8. The largest absolute Gasteiger partial charge is 0.493 e. The average Bonchev–Trinajstić information content (AvgIpc) is 2.55. The number of aryl methyl sites for hydroxylation is 2. The van der Waals surface area contributed by atoms with Gasteiger partial charge in [0, 0.05) is 43.4 Å². The van der Waals surface area contributed by atoms with Crippen molar-refractivity contribution >= 4 is 5.95 Å². The predicted octanol–water partition coefficient (Wildman–Crippen LogP) is 2.78. The van der Waals surface area contributed by atoms with Crippen LogP contribution in [-0.2, 0) is 0 Å². The highest BCUT2D eigenvalue weighted by Crippen LogP contribution is 2.22. The first-order valence-electron chi connectivity index (χ1n) is 7.79. The van der Waals surface area contributed by atoms with Crippen molar-refractivity contribution in [3.8, 4) is 5.75 Å². The SMILES string of the molecule is Cc1cnc(N2CCC(COc3ccncc3C)CC2)nc1. The smallest absolute Gasteiger partial charge is 0.225 e. The van der Waals surface area contributed by atoms with Gasteiger partial charge in [-0.3, -0.25) is 4.98 Å². The van der Waals surface area contributed by atoms with E-state index in [1.165, 1.54) is 0 Å². The molecule has 0 amide bonds. The molecule has 116 valence electrons. The molecule has 2 aromatic rings. The van der Waals surface area contributed by atoms with E-state index < -0.39 is 0 Å². The fourth-order valence-electron chi connectivity index (χ4n) is 2.68. The number of piperidine rings is 1. The maximum absolute atomic E-state index is 5.94. The zero-order valence-corrected chi connectivity index (χ0v) is 13.2. The molecule has 3 heterocycles. The first kappa shape index (κ1) is 14.8. The van der Waals surface area contributed by atoms with Gasteiger partial charge in [-0.15, -0.1) is 0 Å². The van der Waals surface area contributed by atoms with Crippen molar-refractivity contribution in [1.82, 2.24) is 15.0 Å². The van der Waals surface area contributed by atoms with Crippen LogP contribution in [0.3, 0.4) is 0 Å². The Kier molecular flexibility index (Phi) is 4.51. The van der Waals surface area contributed by atoms with Crippen LogP contribution in [0.4, 0.5) is 5.95 Å². The summed E-state index contributed by atoms with van der Waals surface area (Å²) in [6.07, 6.45) is 9.60. The van der Waals surface area contributed by atoms with Crippen molar-refractivity contribution in [3.63, 3.8) is 0 Å². The molecule has 0 unspecified atom stereocenters. The van der Waals surface area contributed by atoms with Gasteiger partial charge in [-0.1, -0.05) is 0 Å². The Morgan fingerprint density at radius 1 is 1.14 bits per heavy atom. The lowest BCUT2D eigenvalue weighted by atomic mass is 9.98. The lowest BCUT2D eigenvalue weighted by Crippen LogP contribution is -2.36. The van der Waals surface area contributed by atoms with Gasteiger partial charge in [0.1, 0.15) is 5.75 Å². The van der Waals surface area contributed by atoms with Crippen molar-refractivity contribution in [2.75, 3.05) is 24.6 Å². The summed E-state index contributed by atoms with van der Waals surface area (Å²) in [6, 6.07) is 1.94. The molecule has 0 aromatic carbocycles. The van der Waals surface area contributed by atoms with Crippen LogP contribution in [0, 0.1) is 19.8 Å². The molecule has 5 heteroatoms. The molecule has 0 bridgehead atoms. The monoisotopic (exact) mass is 298 g/mol. The average molecular weight is 298 g/mol. The number of ether oxygens (including phenoxy) is 1. The summed E-state index contributed by atoms with van der Waals surface area (Å²) in [4.78, 5) is 15.2. The fraction of sp³-hybridized carbons (Fsp3) is 0.471.